The van der Waals surface area contributed by atoms with Gasteiger partial charge in [-0.3, -0.25) is 4.90 Å². The number of rotatable bonds is 3. The standard InChI is InChI=1S/C14H20ClNO2/c1-14(2,16-7-9-18-10-8-16)13(17)11-5-3-4-6-12(11)15/h3-6,13,17H,7-10H2,1-2H3. The van der Waals surface area contributed by atoms with Gasteiger partial charge in [-0.15, -0.1) is 0 Å². The highest BCUT2D eigenvalue weighted by atomic mass is 35.5. The first-order valence-electron chi connectivity index (χ1n) is 6.29. The molecular formula is C14H20ClNO2. The lowest BCUT2D eigenvalue weighted by Crippen LogP contribution is -2.53. The Labute approximate surface area is 113 Å². The summed E-state index contributed by atoms with van der Waals surface area (Å²) in [5.74, 6) is 0. The first-order chi connectivity index (χ1) is 8.53. The molecule has 4 heteroatoms. The molecule has 18 heavy (non-hydrogen) atoms. The molecule has 1 atom stereocenters. The van der Waals surface area contributed by atoms with Crippen LogP contribution in [0.15, 0.2) is 24.3 Å². The predicted molar refractivity (Wildman–Crippen MR) is 72.9 cm³/mol. The van der Waals surface area contributed by atoms with Gasteiger partial charge in [0.05, 0.1) is 19.3 Å². The molecule has 0 amide bonds. The van der Waals surface area contributed by atoms with Crippen LogP contribution in [-0.2, 0) is 4.74 Å². The summed E-state index contributed by atoms with van der Waals surface area (Å²) < 4.78 is 5.35. The zero-order valence-corrected chi connectivity index (χ0v) is 11.7. The van der Waals surface area contributed by atoms with Crippen LogP contribution in [0.1, 0.15) is 25.5 Å². The third-order valence-electron chi connectivity index (χ3n) is 3.70. The van der Waals surface area contributed by atoms with E-state index in [1.807, 2.05) is 38.1 Å². The Balaban J connectivity index is 2.20. The van der Waals surface area contributed by atoms with Crippen molar-refractivity contribution >= 4 is 11.6 Å². The lowest BCUT2D eigenvalue weighted by atomic mass is 9.89. The van der Waals surface area contributed by atoms with Gasteiger partial charge in [-0.1, -0.05) is 29.8 Å². The summed E-state index contributed by atoms with van der Waals surface area (Å²) in [6.07, 6.45) is -0.607. The second-order valence-electron chi connectivity index (χ2n) is 5.18. The molecule has 1 unspecified atom stereocenters. The van der Waals surface area contributed by atoms with Gasteiger partial charge in [-0.05, 0) is 19.9 Å². The van der Waals surface area contributed by atoms with Crippen LogP contribution < -0.4 is 0 Å². The second kappa shape index (κ2) is 5.57. The molecule has 1 saturated heterocycles. The molecule has 1 aliphatic heterocycles. The van der Waals surface area contributed by atoms with E-state index in [0.29, 0.717) is 5.02 Å². The lowest BCUT2D eigenvalue weighted by molar-refractivity contribution is -0.0630. The SMILES string of the molecule is CC(C)(C(O)c1ccccc1Cl)N1CCOCC1. The molecule has 0 bridgehead atoms. The van der Waals surface area contributed by atoms with E-state index in [1.54, 1.807) is 0 Å². The highest BCUT2D eigenvalue weighted by Crippen LogP contribution is 2.34. The minimum absolute atomic E-state index is 0.352. The summed E-state index contributed by atoms with van der Waals surface area (Å²) in [5.41, 5.74) is 0.435. The van der Waals surface area contributed by atoms with Crippen LogP contribution in [0.5, 0.6) is 0 Å². The van der Waals surface area contributed by atoms with Crippen molar-refractivity contribution < 1.29 is 9.84 Å². The third kappa shape index (κ3) is 2.69. The van der Waals surface area contributed by atoms with Gasteiger partial charge >= 0.3 is 0 Å². The smallest absolute Gasteiger partial charge is 0.0982 e. The Bertz CT molecular complexity index is 403. The van der Waals surface area contributed by atoms with Crippen LogP contribution in [0.25, 0.3) is 0 Å². The van der Waals surface area contributed by atoms with E-state index >= 15 is 0 Å². The van der Waals surface area contributed by atoms with Crippen molar-refractivity contribution in [1.82, 2.24) is 4.90 Å². The van der Waals surface area contributed by atoms with Crippen molar-refractivity contribution in [2.45, 2.75) is 25.5 Å². The Morgan fingerprint density at radius 2 is 1.89 bits per heavy atom. The van der Waals surface area contributed by atoms with Gasteiger partial charge < -0.3 is 9.84 Å². The summed E-state index contributed by atoms with van der Waals surface area (Å²) in [5, 5.41) is 11.2. The predicted octanol–water partition coefficient (Wildman–Crippen LogP) is 2.48. The van der Waals surface area contributed by atoms with Crippen molar-refractivity contribution in [1.29, 1.82) is 0 Å². The van der Waals surface area contributed by atoms with Gasteiger partial charge in [-0.2, -0.15) is 0 Å². The minimum atomic E-state index is -0.607. The molecular weight excluding hydrogens is 250 g/mol. The maximum Gasteiger partial charge on any atom is 0.0982 e. The Hall–Kier alpha value is -0.610. The number of hydrogen-bond acceptors (Lipinski definition) is 3. The van der Waals surface area contributed by atoms with Gasteiger partial charge in [-0.25, -0.2) is 0 Å². The Morgan fingerprint density at radius 1 is 1.28 bits per heavy atom. The summed E-state index contributed by atoms with van der Waals surface area (Å²) >= 11 is 6.16. The number of benzene rings is 1. The van der Waals surface area contributed by atoms with Crippen LogP contribution in [0.4, 0.5) is 0 Å². The fourth-order valence-electron chi connectivity index (χ4n) is 2.39. The Kier molecular flexibility index (Phi) is 4.28. The van der Waals surface area contributed by atoms with Crippen LogP contribution in [0, 0.1) is 0 Å². The van der Waals surface area contributed by atoms with E-state index in [-0.39, 0.29) is 5.54 Å². The number of halogens is 1. The van der Waals surface area contributed by atoms with E-state index in [4.69, 9.17) is 16.3 Å². The maximum atomic E-state index is 10.6. The average molecular weight is 270 g/mol. The molecule has 100 valence electrons. The van der Waals surface area contributed by atoms with Gasteiger partial charge in [0.25, 0.3) is 0 Å². The van der Waals surface area contributed by atoms with Crippen LogP contribution in [0.2, 0.25) is 5.02 Å². The van der Waals surface area contributed by atoms with Crippen LogP contribution >= 0.6 is 11.6 Å². The molecule has 1 N–H and O–H groups in total. The van der Waals surface area contributed by atoms with Crippen molar-refractivity contribution in [2.24, 2.45) is 0 Å². The van der Waals surface area contributed by atoms with E-state index in [0.717, 1.165) is 31.9 Å². The highest BCUT2D eigenvalue weighted by Gasteiger charge is 2.36. The summed E-state index contributed by atoms with van der Waals surface area (Å²) in [6.45, 7) is 7.22. The first-order valence-corrected chi connectivity index (χ1v) is 6.66. The number of hydrogen-bond donors (Lipinski definition) is 1. The molecule has 3 nitrogen and oxygen atoms in total. The number of nitrogens with zero attached hydrogens (tertiary/aromatic N) is 1. The molecule has 0 radical (unpaired) electrons. The summed E-state index contributed by atoms with van der Waals surface area (Å²) in [4.78, 5) is 2.25. The molecule has 1 aliphatic rings. The van der Waals surface area contributed by atoms with Crippen molar-refractivity contribution in [3.63, 3.8) is 0 Å². The van der Waals surface area contributed by atoms with E-state index in [9.17, 15) is 5.11 Å². The molecule has 1 heterocycles. The summed E-state index contributed by atoms with van der Waals surface area (Å²) in [7, 11) is 0. The molecule has 0 aromatic heterocycles. The quantitative estimate of drug-likeness (QED) is 0.915. The molecule has 1 fully saturated rings. The van der Waals surface area contributed by atoms with Gasteiger partial charge in [0, 0.05) is 29.2 Å². The normalized spacial score (nSPS) is 19.8. The zero-order chi connectivity index (χ0) is 13.2. The van der Waals surface area contributed by atoms with Gasteiger partial charge in [0.1, 0.15) is 0 Å². The monoisotopic (exact) mass is 269 g/mol. The number of ether oxygens (including phenoxy) is 1. The fraction of sp³-hybridized carbons (Fsp3) is 0.571. The van der Waals surface area contributed by atoms with Gasteiger partial charge in [0.15, 0.2) is 0 Å². The van der Waals surface area contributed by atoms with Crippen LogP contribution in [-0.4, -0.2) is 41.8 Å². The third-order valence-corrected chi connectivity index (χ3v) is 4.04. The molecule has 0 aliphatic carbocycles. The summed E-state index contributed by atoms with van der Waals surface area (Å²) in [6, 6.07) is 7.48. The van der Waals surface area contributed by atoms with Crippen molar-refractivity contribution in [3.8, 4) is 0 Å². The highest BCUT2D eigenvalue weighted by molar-refractivity contribution is 6.31. The fourth-order valence-corrected chi connectivity index (χ4v) is 2.63. The Morgan fingerprint density at radius 3 is 2.50 bits per heavy atom. The number of morpholine rings is 1. The molecule has 1 aromatic carbocycles. The van der Waals surface area contributed by atoms with Crippen molar-refractivity contribution in [3.05, 3.63) is 34.9 Å². The van der Waals surface area contributed by atoms with E-state index in [2.05, 4.69) is 4.90 Å². The topological polar surface area (TPSA) is 32.7 Å². The maximum absolute atomic E-state index is 10.6. The number of aliphatic hydroxyl groups excluding tert-OH is 1. The first kappa shape index (κ1) is 13.8. The molecule has 1 aromatic rings. The van der Waals surface area contributed by atoms with Crippen molar-refractivity contribution in [2.75, 3.05) is 26.3 Å². The largest absolute Gasteiger partial charge is 0.386 e. The second-order valence-corrected chi connectivity index (χ2v) is 5.58. The van der Waals surface area contributed by atoms with E-state index in [1.165, 1.54) is 0 Å². The van der Waals surface area contributed by atoms with Crippen LogP contribution in [0.3, 0.4) is 0 Å². The number of aliphatic hydroxyl groups is 1. The molecule has 0 spiro atoms. The lowest BCUT2D eigenvalue weighted by Gasteiger charge is -2.44. The molecule has 2 rings (SSSR count). The molecule has 0 saturated carbocycles. The zero-order valence-electron chi connectivity index (χ0n) is 10.9. The minimum Gasteiger partial charge on any atom is -0.386 e. The van der Waals surface area contributed by atoms with E-state index < -0.39 is 6.10 Å². The van der Waals surface area contributed by atoms with Gasteiger partial charge in [0.2, 0.25) is 0 Å². The average Bonchev–Trinajstić information content (AvgIpc) is 2.39.